The molecule has 162 valence electrons. The number of nitrogens with one attached hydrogen (secondary N) is 2. The lowest BCUT2D eigenvalue weighted by Crippen LogP contribution is -2.26. The van der Waals surface area contributed by atoms with Gasteiger partial charge in [-0.15, -0.1) is 0 Å². The molecule has 0 aliphatic heterocycles. The van der Waals surface area contributed by atoms with Gasteiger partial charge in [-0.2, -0.15) is 0 Å². The minimum Gasteiger partial charge on any atom is -0.366 e. The molecule has 0 unspecified atom stereocenters. The Balaban J connectivity index is 2.00. The van der Waals surface area contributed by atoms with Crippen LogP contribution in [0, 0.1) is 0 Å². The fraction of sp³-hybridized carbons (Fsp3) is 0.0833. The predicted octanol–water partition coefficient (Wildman–Crippen LogP) is 3.68. The second-order valence-electron chi connectivity index (χ2n) is 7.04. The van der Waals surface area contributed by atoms with Gasteiger partial charge in [0.15, 0.2) is 0 Å². The number of nitrogens with two attached hydrogens (primary N) is 1. The van der Waals surface area contributed by atoms with Gasteiger partial charge < -0.3 is 16.4 Å². The Morgan fingerprint density at radius 3 is 1.34 bits per heavy atom. The molecule has 4 amide bonds. The molecule has 3 aromatic rings. The van der Waals surface area contributed by atoms with Gasteiger partial charge in [-0.25, -0.2) is 0 Å². The summed E-state index contributed by atoms with van der Waals surface area (Å²) >= 11 is 0. The van der Waals surface area contributed by atoms with Crippen molar-refractivity contribution in [2.45, 2.75) is 13.8 Å². The third kappa shape index (κ3) is 5.37. The van der Waals surface area contributed by atoms with Crippen LogP contribution in [0.1, 0.15) is 34.6 Å². The first kappa shape index (κ1) is 22.2. The maximum atomic E-state index is 13.4. The van der Waals surface area contributed by atoms with Crippen molar-refractivity contribution in [2.75, 3.05) is 15.5 Å². The SMILES string of the molecule is CC(=O)Nc1ccc(N(C(=O)c2ccc(C(N)=O)cc2)c2ccc(NC(C)=O)cc2)cc1. The molecule has 0 aliphatic carbocycles. The number of amides is 4. The van der Waals surface area contributed by atoms with Crippen molar-refractivity contribution in [1.82, 2.24) is 0 Å². The highest BCUT2D eigenvalue weighted by molar-refractivity contribution is 6.11. The molecular weight excluding hydrogens is 408 g/mol. The molecule has 3 aromatic carbocycles. The Labute approximate surface area is 185 Å². The maximum absolute atomic E-state index is 13.4. The first-order valence-corrected chi connectivity index (χ1v) is 9.74. The molecule has 0 fully saturated rings. The zero-order valence-electron chi connectivity index (χ0n) is 17.6. The average Bonchev–Trinajstić information content (AvgIpc) is 2.75. The lowest BCUT2D eigenvalue weighted by Gasteiger charge is -2.24. The summed E-state index contributed by atoms with van der Waals surface area (Å²) in [6.45, 7) is 2.83. The van der Waals surface area contributed by atoms with E-state index in [1.807, 2.05) is 0 Å². The zero-order valence-corrected chi connectivity index (χ0v) is 17.6. The van der Waals surface area contributed by atoms with Gasteiger partial charge in [-0.1, -0.05) is 0 Å². The molecule has 0 saturated carbocycles. The highest BCUT2D eigenvalue weighted by atomic mass is 16.2. The third-order valence-electron chi connectivity index (χ3n) is 4.51. The van der Waals surface area contributed by atoms with Gasteiger partial charge in [-0.3, -0.25) is 24.1 Å². The molecule has 8 heteroatoms. The number of hydrogen-bond acceptors (Lipinski definition) is 4. The summed E-state index contributed by atoms with van der Waals surface area (Å²) in [6.07, 6.45) is 0. The highest BCUT2D eigenvalue weighted by Crippen LogP contribution is 2.30. The first-order valence-electron chi connectivity index (χ1n) is 9.74. The lowest BCUT2D eigenvalue weighted by atomic mass is 10.1. The molecule has 0 aromatic heterocycles. The third-order valence-corrected chi connectivity index (χ3v) is 4.51. The Hall–Kier alpha value is -4.46. The number of hydrogen-bond donors (Lipinski definition) is 3. The predicted molar refractivity (Wildman–Crippen MR) is 123 cm³/mol. The highest BCUT2D eigenvalue weighted by Gasteiger charge is 2.20. The van der Waals surface area contributed by atoms with E-state index < -0.39 is 5.91 Å². The fourth-order valence-corrected chi connectivity index (χ4v) is 3.08. The Kier molecular flexibility index (Phi) is 6.65. The summed E-state index contributed by atoms with van der Waals surface area (Å²) < 4.78 is 0. The van der Waals surface area contributed by atoms with E-state index in [1.54, 1.807) is 48.5 Å². The van der Waals surface area contributed by atoms with Gasteiger partial charge >= 0.3 is 0 Å². The number of anilines is 4. The van der Waals surface area contributed by atoms with E-state index in [9.17, 15) is 19.2 Å². The summed E-state index contributed by atoms with van der Waals surface area (Å²) in [7, 11) is 0. The average molecular weight is 430 g/mol. The zero-order chi connectivity index (χ0) is 23.3. The summed E-state index contributed by atoms with van der Waals surface area (Å²) in [5, 5.41) is 5.38. The van der Waals surface area contributed by atoms with E-state index in [1.165, 1.54) is 43.0 Å². The Bertz CT molecular complexity index is 1090. The first-order chi connectivity index (χ1) is 15.2. The van der Waals surface area contributed by atoms with E-state index in [4.69, 9.17) is 5.73 Å². The fourth-order valence-electron chi connectivity index (χ4n) is 3.08. The molecule has 0 heterocycles. The van der Waals surface area contributed by atoms with Crippen molar-refractivity contribution < 1.29 is 19.2 Å². The quantitative estimate of drug-likeness (QED) is 0.552. The van der Waals surface area contributed by atoms with Crippen LogP contribution in [0.25, 0.3) is 0 Å². The van der Waals surface area contributed by atoms with Crippen molar-refractivity contribution in [3.05, 3.63) is 83.9 Å². The molecule has 0 saturated heterocycles. The van der Waals surface area contributed by atoms with Crippen molar-refractivity contribution >= 4 is 46.4 Å². The van der Waals surface area contributed by atoms with Crippen LogP contribution >= 0.6 is 0 Å². The normalized spacial score (nSPS) is 10.2. The number of rotatable bonds is 6. The van der Waals surface area contributed by atoms with Gasteiger partial charge in [-0.05, 0) is 72.8 Å². The molecule has 0 spiro atoms. The van der Waals surface area contributed by atoms with Crippen molar-refractivity contribution in [2.24, 2.45) is 5.73 Å². The van der Waals surface area contributed by atoms with E-state index in [0.29, 0.717) is 33.9 Å². The van der Waals surface area contributed by atoms with Crippen LogP contribution in [0.5, 0.6) is 0 Å². The van der Waals surface area contributed by atoms with Gasteiger partial charge in [0.05, 0.1) is 0 Å². The molecule has 3 rings (SSSR count). The topological polar surface area (TPSA) is 122 Å². The van der Waals surface area contributed by atoms with Crippen LogP contribution in [0.2, 0.25) is 0 Å². The summed E-state index contributed by atoms with van der Waals surface area (Å²) in [6, 6.07) is 19.7. The lowest BCUT2D eigenvalue weighted by molar-refractivity contribution is -0.115. The standard InChI is InChI=1S/C24H22N4O4/c1-15(29)26-19-7-11-21(12-8-19)28(22-13-9-20(10-14-22)27-16(2)30)24(32)18-5-3-17(4-6-18)23(25)31/h3-14H,1-2H3,(H2,25,31)(H,26,29)(H,27,30). The molecule has 0 atom stereocenters. The van der Waals surface area contributed by atoms with E-state index in [0.717, 1.165) is 0 Å². The van der Waals surface area contributed by atoms with Crippen LogP contribution in [0.3, 0.4) is 0 Å². The van der Waals surface area contributed by atoms with E-state index in [-0.39, 0.29) is 17.7 Å². The smallest absolute Gasteiger partial charge is 0.262 e. The Morgan fingerprint density at radius 1 is 0.625 bits per heavy atom. The molecule has 32 heavy (non-hydrogen) atoms. The minimum atomic E-state index is -0.581. The van der Waals surface area contributed by atoms with E-state index >= 15 is 0 Å². The number of primary amides is 1. The second kappa shape index (κ2) is 9.57. The second-order valence-corrected chi connectivity index (χ2v) is 7.04. The Morgan fingerprint density at radius 2 is 1.00 bits per heavy atom. The van der Waals surface area contributed by atoms with Crippen LogP contribution in [0.4, 0.5) is 22.7 Å². The molecule has 4 N–H and O–H groups in total. The van der Waals surface area contributed by atoms with Gasteiger partial charge in [0.25, 0.3) is 5.91 Å². The number of carbonyl (C=O) groups excluding carboxylic acids is 4. The van der Waals surface area contributed by atoms with Gasteiger partial charge in [0.2, 0.25) is 17.7 Å². The molecule has 0 radical (unpaired) electrons. The number of nitrogens with zero attached hydrogens (tertiary/aromatic N) is 1. The largest absolute Gasteiger partial charge is 0.366 e. The van der Waals surface area contributed by atoms with Gasteiger partial charge in [0, 0.05) is 47.7 Å². The van der Waals surface area contributed by atoms with Crippen LogP contribution < -0.4 is 21.3 Å². The summed E-state index contributed by atoms with van der Waals surface area (Å²) in [5.74, 6) is -1.31. The van der Waals surface area contributed by atoms with Crippen LogP contribution in [-0.4, -0.2) is 23.6 Å². The molecule has 0 aliphatic rings. The monoisotopic (exact) mass is 430 g/mol. The summed E-state index contributed by atoms with van der Waals surface area (Å²) in [4.78, 5) is 48.8. The number of benzene rings is 3. The van der Waals surface area contributed by atoms with Gasteiger partial charge in [0.1, 0.15) is 0 Å². The van der Waals surface area contributed by atoms with Crippen molar-refractivity contribution in [3.8, 4) is 0 Å². The molecule has 0 bridgehead atoms. The molecular formula is C24H22N4O4. The summed E-state index contributed by atoms with van der Waals surface area (Å²) in [5.41, 5.74) is 8.26. The van der Waals surface area contributed by atoms with Crippen LogP contribution in [0.15, 0.2) is 72.8 Å². The van der Waals surface area contributed by atoms with E-state index in [2.05, 4.69) is 10.6 Å². The van der Waals surface area contributed by atoms with Crippen molar-refractivity contribution in [1.29, 1.82) is 0 Å². The number of carbonyl (C=O) groups is 4. The van der Waals surface area contributed by atoms with Crippen molar-refractivity contribution in [3.63, 3.8) is 0 Å². The molecule has 8 nitrogen and oxygen atoms in total. The maximum Gasteiger partial charge on any atom is 0.262 e. The minimum absolute atomic E-state index is 0.200. The van der Waals surface area contributed by atoms with Crippen LogP contribution in [-0.2, 0) is 9.59 Å².